The molecule has 0 saturated carbocycles. The molecule has 0 N–H and O–H groups in total. The van der Waals surface area contributed by atoms with E-state index in [9.17, 15) is 0 Å². The van der Waals surface area contributed by atoms with Gasteiger partial charge in [0.2, 0.25) is 0 Å². The number of aryl methyl sites for hydroxylation is 4. The summed E-state index contributed by atoms with van der Waals surface area (Å²) < 4.78 is 14.7. The third-order valence-electron chi connectivity index (χ3n) is 17.1. The van der Waals surface area contributed by atoms with E-state index in [0.717, 1.165) is 102 Å². The number of fused-ring (bicyclic) bond motifs is 6. The number of hydrogen-bond acceptors (Lipinski definition) is 4. The van der Waals surface area contributed by atoms with Crippen molar-refractivity contribution in [2.45, 2.75) is 80.1 Å². The van der Waals surface area contributed by atoms with Gasteiger partial charge in [-0.15, -0.1) is 0 Å². The van der Waals surface area contributed by atoms with Crippen LogP contribution in [0.1, 0.15) is 86.8 Å². The molecule has 0 bridgehead atoms. The van der Waals surface area contributed by atoms with Crippen molar-refractivity contribution in [3.63, 3.8) is 0 Å². The highest BCUT2D eigenvalue weighted by Crippen LogP contribution is 2.54. The van der Waals surface area contributed by atoms with Crippen molar-refractivity contribution in [1.29, 1.82) is 0 Å². The van der Waals surface area contributed by atoms with E-state index in [1.54, 1.807) is 0 Å². The molecule has 0 aliphatic heterocycles. The zero-order chi connectivity index (χ0) is 54.5. The molecule has 4 heteroatoms. The van der Waals surface area contributed by atoms with Gasteiger partial charge in [0.1, 0.15) is 11.2 Å². The van der Waals surface area contributed by atoms with Crippen LogP contribution in [0.3, 0.4) is 0 Å². The Morgan fingerprint density at radius 2 is 0.800 bits per heavy atom. The lowest BCUT2D eigenvalue weighted by Gasteiger charge is -2.31. The standard InChI is InChI=1S/C76H64N2O2/c1-9-49-23-16-26-52(42-49)78(68-36-20-34-62-60-32-18-30-58(74(60)80-76(62)68)54-28-14-12-24-50(54)10-2)70-44-66(46(5)6)56-37-39-63-69(43-65(45(3)4)55-38-40-64(70)72(56)71(55)63)77(51-25-15-21-47(7)41-51)67-35-19-33-61-59-31-17-29-57(73(59)79-75(61)67)53-27-13-11-22-48(53)8/h11-46H,9-10H2,1-8H3. The Morgan fingerprint density at radius 3 is 1.32 bits per heavy atom. The quantitative estimate of drug-likeness (QED) is 0.114. The largest absolute Gasteiger partial charge is 0.453 e. The lowest BCUT2D eigenvalue weighted by molar-refractivity contribution is 0.670. The van der Waals surface area contributed by atoms with Crippen molar-refractivity contribution in [1.82, 2.24) is 0 Å². The lowest BCUT2D eigenvalue weighted by atomic mass is 9.84. The van der Waals surface area contributed by atoms with E-state index in [2.05, 4.69) is 271 Å². The second-order valence-electron chi connectivity index (χ2n) is 22.6. The summed E-state index contributed by atoms with van der Waals surface area (Å²) in [6.45, 7) is 18.2. The van der Waals surface area contributed by atoms with Crippen LogP contribution in [-0.4, -0.2) is 0 Å². The maximum atomic E-state index is 7.36. The summed E-state index contributed by atoms with van der Waals surface area (Å²) >= 11 is 0. The third kappa shape index (κ3) is 7.71. The molecule has 0 unspecified atom stereocenters. The minimum Gasteiger partial charge on any atom is -0.453 e. The monoisotopic (exact) mass is 1040 g/mol. The van der Waals surface area contributed by atoms with Crippen LogP contribution in [0.15, 0.2) is 215 Å². The fourth-order valence-electron chi connectivity index (χ4n) is 13.2. The van der Waals surface area contributed by atoms with Crippen molar-refractivity contribution in [2.24, 2.45) is 0 Å². The molecule has 2 aromatic heterocycles. The molecule has 2 heterocycles. The number of furan rings is 2. The van der Waals surface area contributed by atoms with Gasteiger partial charge >= 0.3 is 0 Å². The first-order valence-corrected chi connectivity index (χ1v) is 28.7. The smallest absolute Gasteiger partial charge is 0.159 e. The highest BCUT2D eigenvalue weighted by atomic mass is 16.3. The number of rotatable bonds is 12. The normalized spacial score (nSPS) is 12.1. The average molecular weight is 1040 g/mol. The van der Waals surface area contributed by atoms with E-state index in [0.29, 0.717) is 0 Å². The minimum absolute atomic E-state index is 0.216. The van der Waals surface area contributed by atoms with Gasteiger partial charge in [0, 0.05) is 54.8 Å². The van der Waals surface area contributed by atoms with Gasteiger partial charge in [-0.05, 0) is 153 Å². The fraction of sp³-hybridized carbons (Fsp3) is 0.158. The molecule has 0 aliphatic carbocycles. The van der Waals surface area contributed by atoms with Crippen molar-refractivity contribution >= 4 is 110 Å². The highest BCUT2D eigenvalue weighted by Gasteiger charge is 2.29. The summed E-state index contributed by atoms with van der Waals surface area (Å²) in [5.74, 6) is 0.432. The molecule has 0 radical (unpaired) electrons. The van der Waals surface area contributed by atoms with E-state index < -0.39 is 0 Å². The molecule has 80 heavy (non-hydrogen) atoms. The Kier molecular flexibility index (Phi) is 11.9. The first kappa shape index (κ1) is 49.2. The summed E-state index contributed by atoms with van der Waals surface area (Å²) in [5, 5.41) is 11.9. The van der Waals surface area contributed by atoms with E-state index >= 15 is 0 Å². The molecule has 0 amide bonds. The molecular formula is C76H64N2O2. The second-order valence-corrected chi connectivity index (χ2v) is 22.6. The molecule has 14 aromatic rings. The average Bonchev–Trinajstić information content (AvgIpc) is 3.23. The fourth-order valence-corrected chi connectivity index (χ4v) is 13.2. The molecular weight excluding hydrogens is 973 g/mol. The Morgan fingerprint density at radius 1 is 0.350 bits per heavy atom. The summed E-state index contributed by atoms with van der Waals surface area (Å²) in [6.07, 6.45) is 1.85. The predicted molar refractivity (Wildman–Crippen MR) is 341 cm³/mol. The molecule has 0 spiro atoms. The third-order valence-corrected chi connectivity index (χ3v) is 17.1. The zero-order valence-electron chi connectivity index (χ0n) is 46.9. The molecule has 0 atom stereocenters. The molecule has 390 valence electrons. The molecule has 0 aliphatic rings. The van der Waals surface area contributed by atoms with Gasteiger partial charge in [-0.2, -0.15) is 0 Å². The Hall–Kier alpha value is -9.12. The van der Waals surface area contributed by atoms with Gasteiger partial charge in [0.05, 0.1) is 22.7 Å². The van der Waals surface area contributed by atoms with Crippen LogP contribution in [0, 0.1) is 13.8 Å². The maximum absolute atomic E-state index is 7.36. The van der Waals surface area contributed by atoms with Gasteiger partial charge in [0.25, 0.3) is 0 Å². The number of para-hydroxylation sites is 4. The van der Waals surface area contributed by atoms with Gasteiger partial charge in [-0.3, -0.25) is 0 Å². The van der Waals surface area contributed by atoms with E-state index in [1.165, 1.54) is 76.8 Å². The van der Waals surface area contributed by atoms with Crippen LogP contribution in [0.2, 0.25) is 0 Å². The van der Waals surface area contributed by atoms with Gasteiger partial charge in [-0.25, -0.2) is 0 Å². The van der Waals surface area contributed by atoms with Crippen LogP contribution in [-0.2, 0) is 12.8 Å². The van der Waals surface area contributed by atoms with Gasteiger partial charge in [0.15, 0.2) is 11.2 Å². The van der Waals surface area contributed by atoms with Crippen molar-refractivity contribution in [2.75, 3.05) is 9.80 Å². The predicted octanol–water partition coefficient (Wildman–Crippen LogP) is 22.6. The summed E-state index contributed by atoms with van der Waals surface area (Å²) in [5.41, 5.74) is 22.1. The Balaban J connectivity index is 1.07. The number of anilines is 6. The SMILES string of the molecule is CCc1cccc(N(c2cc(C(C)C)c3ccc4c(N(c5cccc(C)c5)c5cccc6c5oc5c(-c7ccccc7C)cccc56)cc(C(C)C)c5ccc2c3c54)c2cccc3c2oc2c(-c4ccccc4CC)cccc23)c1. The van der Waals surface area contributed by atoms with E-state index in [1.807, 2.05) is 0 Å². The zero-order valence-corrected chi connectivity index (χ0v) is 46.9. The first-order valence-electron chi connectivity index (χ1n) is 28.7. The first-order chi connectivity index (χ1) is 39.1. The van der Waals surface area contributed by atoms with E-state index in [-0.39, 0.29) is 11.8 Å². The van der Waals surface area contributed by atoms with Crippen molar-refractivity contribution in [3.05, 3.63) is 240 Å². The van der Waals surface area contributed by atoms with Crippen molar-refractivity contribution < 1.29 is 8.83 Å². The highest BCUT2D eigenvalue weighted by molar-refractivity contribution is 6.30. The van der Waals surface area contributed by atoms with Gasteiger partial charge < -0.3 is 18.6 Å². The van der Waals surface area contributed by atoms with Crippen LogP contribution < -0.4 is 9.80 Å². The second kappa shape index (κ2) is 19.4. The topological polar surface area (TPSA) is 32.8 Å². The van der Waals surface area contributed by atoms with Crippen LogP contribution in [0.4, 0.5) is 34.1 Å². The van der Waals surface area contributed by atoms with Crippen LogP contribution >= 0.6 is 0 Å². The lowest BCUT2D eigenvalue weighted by Crippen LogP contribution is -2.13. The summed E-state index contributed by atoms with van der Waals surface area (Å²) in [7, 11) is 0. The van der Waals surface area contributed by atoms with Gasteiger partial charge in [-0.1, -0.05) is 199 Å². The summed E-state index contributed by atoms with van der Waals surface area (Å²) in [6, 6.07) is 76.5. The molecule has 4 nitrogen and oxygen atoms in total. The number of nitrogens with zero attached hydrogens (tertiary/aromatic N) is 2. The maximum Gasteiger partial charge on any atom is 0.159 e. The van der Waals surface area contributed by atoms with E-state index in [4.69, 9.17) is 8.83 Å². The molecule has 0 saturated heterocycles. The van der Waals surface area contributed by atoms with Crippen LogP contribution in [0.25, 0.3) is 98.4 Å². The van der Waals surface area contributed by atoms with Crippen molar-refractivity contribution in [3.8, 4) is 22.3 Å². The minimum atomic E-state index is 0.216. The van der Waals surface area contributed by atoms with Crippen LogP contribution in [0.5, 0.6) is 0 Å². The Bertz CT molecular complexity index is 4740. The summed E-state index contributed by atoms with van der Waals surface area (Å²) in [4.78, 5) is 4.98. The molecule has 14 rings (SSSR count). The molecule has 12 aromatic carbocycles. The number of benzene rings is 12. The molecule has 0 fully saturated rings. The Labute approximate surface area is 468 Å². The number of hydrogen-bond donors (Lipinski definition) is 0.